The Bertz CT molecular complexity index is 643. The van der Waals surface area contributed by atoms with Crippen LogP contribution in [-0.2, 0) is 21.2 Å². The van der Waals surface area contributed by atoms with Crippen LogP contribution in [0.4, 0.5) is 0 Å². The number of piperidine rings is 1. The predicted octanol–water partition coefficient (Wildman–Crippen LogP) is 0.378. The Balaban J connectivity index is 2.02. The lowest BCUT2D eigenvalue weighted by atomic mass is 9.79. The first-order chi connectivity index (χ1) is 10.7. The molecule has 2 rings (SSSR count). The van der Waals surface area contributed by atoms with E-state index in [0.29, 0.717) is 25.9 Å². The number of carbonyl (C=O) groups excluding carboxylic acids is 1. The lowest BCUT2D eigenvalue weighted by molar-refractivity contribution is -0.137. The summed E-state index contributed by atoms with van der Waals surface area (Å²) in [7, 11) is -3.39. The summed E-state index contributed by atoms with van der Waals surface area (Å²) in [5.74, 6) is -0.343. The SMILES string of the molecule is C[C@@]1(O)CCN(C(=O)CNS(C)(=O)=O)C[C@@H]1Cc1ccccc1. The van der Waals surface area contributed by atoms with Gasteiger partial charge in [0.1, 0.15) is 0 Å². The second-order valence-electron chi connectivity index (χ2n) is 6.43. The highest BCUT2D eigenvalue weighted by molar-refractivity contribution is 7.88. The van der Waals surface area contributed by atoms with Gasteiger partial charge >= 0.3 is 0 Å². The molecule has 0 aromatic heterocycles. The van der Waals surface area contributed by atoms with Crippen molar-refractivity contribution in [1.82, 2.24) is 9.62 Å². The Morgan fingerprint density at radius 3 is 2.65 bits per heavy atom. The van der Waals surface area contributed by atoms with Crippen LogP contribution >= 0.6 is 0 Å². The van der Waals surface area contributed by atoms with Crippen molar-refractivity contribution in [3.63, 3.8) is 0 Å². The Labute approximate surface area is 137 Å². The number of carbonyl (C=O) groups is 1. The molecule has 0 unspecified atom stereocenters. The molecule has 2 N–H and O–H groups in total. The standard InChI is InChI=1S/C16H24N2O4S/c1-16(20)8-9-18(15(19)11-17-23(2,21)22)12-14(16)10-13-6-4-3-5-7-13/h3-7,14,17,20H,8-12H2,1-2H3/t14-,16+/m0/s1. The van der Waals surface area contributed by atoms with Crippen molar-refractivity contribution in [3.8, 4) is 0 Å². The van der Waals surface area contributed by atoms with Gasteiger partial charge in [-0.25, -0.2) is 13.1 Å². The van der Waals surface area contributed by atoms with Gasteiger partial charge < -0.3 is 10.0 Å². The van der Waals surface area contributed by atoms with E-state index >= 15 is 0 Å². The molecule has 128 valence electrons. The smallest absolute Gasteiger partial charge is 0.237 e. The molecule has 1 aliphatic rings. The molecule has 1 saturated heterocycles. The fourth-order valence-corrected chi connectivity index (χ4v) is 3.22. The third-order valence-corrected chi connectivity index (χ3v) is 5.04. The van der Waals surface area contributed by atoms with Crippen LogP contribution in [0.25, 0.3) is 0 Å². The summed E-state index contributed by atoms with van der Waals surface area (Å²) in [5, 5.41) is 10.6. The molecule has 1 fully saturated rings. The van der Waals surface area contributed by atoms with E-state index in [1.54, 1.807) is 11.8 Å². The van der Waals surface area contributed by atoms with Crippen molar-refractivity contribution >= 4 is 15.9 Å². The van der Waals surface area contributed by atoms with E-state index in [-0.39, 0.29) is 18.4 Å². The highest BCUT2D eigenvalue weighted by Gasteiger charge is 2.38. The lowest BCUT2D eigenvalue weighted by Gasteiger charge is -2.43. The van der Waals surface area contributed by atoms with Crippen molar-refractivity contribution in [2.45, 2.75) is 25.4 Å². The van der Waals surface area contributed by atoms with Gasteiger partial charge in [-0.2, -0.15) is 0 Å². The predicted molar refractivity (Wildman–Crippen MR) is 88.3 cm³/mol. The summed E-state index contributed by atoms with van der Waals surface area (Å²) in [4.78, 5) is 13.8. The average Bonchev–Trinajstić information content (AvgIpc) is 2.47. The van der Waals surface area contributed by atoms with Gasteiger partial charge in [0, 0.05) is 19.0 Å². The van der Waals surface area contributed by atoms with Crippen LogP contribution in [0.2, 0.25) is 0 Å². The molecular weight excluding hydrogens is 316 g/mol. The van der Waals surface area contributed by atoms with Gasteiger partial charge in [-0.3, -0.25) is 4.79 Å². The summed E-state index contributed by atoms with van der Waals surface area (Å²) < 4.78 is 24.4. The molecule has 0 saturated carbocycles. The minimum absolute atomic E-state index is 0.0826. The van der Waals surface area contributed by atoms with Crippen LogP contribution in [-0.4, -0.2) is 55.8 Å². The van der Waals surface area contributed by atoms with E-state index in [1.807, 2.05) is 30.3 Å². The van der Waals surface area contributed by atoms with Gasteiger partial charge in [-0.15, -0.1) is 0 Å². The van der Waals surface area contributed by atoms with Crippen LogP contribution in [0, 0.1) is 5.92 Å². The van der Waals surface area contributed by atoms with Gasteiger partial charge in [0.25, 0.3) is 0 Å². The summed E-state index contributed by atoms with van der Waals surface area (Å²) >= 11 is 0. The van der Waals surface area contributed by atoms with Gasteiger partial charge in [0.2, 0.25) is 15.9 Å². The van der Waals surface area contributed by atoms with Gasteiger partial charge in [-0.05, 0) is 25.3 Å². The van der Waals surface area contributed by atoms with Crippen LogP contribution in [0.3, 0.4) is 0 Å². The number of hydrogen-bond acceptors (Lipinski definition) is 4. The maximum Gasteiger partial charge on any atom is 0.237 e. The third-order valence-electron chi connectivity index (χ3n) is 4.37. The first-order valence-electron chi connectivity index (χ1n) is 7.66. The number of benzene rings is 1. The Morgan fingerprint density at radius 1 is 1.39 bits per heavy atom. The van der Waals surface area contributed by atoms with Crippen molar-refractivity contribution < 1.29 is 18.3 Å². The normalized spacial score (nSPS) is 25.3. The summed E-state index contributed by atoms with van der Waals surface area (Å²) in [6.45, 7) is 2.42. The average molecular weight is 340 g/mol. The zero-order chi connectivity index (χ0) is 17.1. The van der Waals surface area contributed by atoms with Gasteiger partial charge in [0.05, 0.1) is 18.4 Å². The van der Waals surface area contributed by atoms with E-state index in [9.17, 15) is 18.3 Å². The molecule has 1 aromatic rings. The van der Waals surface area contributed by atoms with E-state index in [0.717, 1.165) is 11.8 Å². The lowest BCUT2D eigenvalue weighted by Crippen LogP contribution is -2.54. The number of aliphatic hydroxyl groups is 1. The first kappa shape index (κ1) is 17.9. The molecule has 0 aliphatic carbocycles. The zero-order valence-electron chi connectivity index (χ0n) is 13.5. The van der Waals surface area contributed by atoms with E-state index in [2.05, 4.69) is 4.72 Å². The van der Waals surface area contributed by atoms with Gasteiger partial charge in [-0.1, -0.05) is 30.3 Å². The second-order valence-corrected chi connectivity index (χ2v) is 8.26. The zero-order valence-corrected chi connectivity index (χ0v) is 14.3. The summed E-state index contributed by atoms with van der Waals surface area (Å²) in [6, 6.07) is 9.84. The van der Waals surface area contributed by atoms with Crippen molar-refractivity contribution in [3.05, 3.63) is 35.9 Å². The highest BCUT2D eigenvalue weighted by Crippen LogP contribution is 2.30. The van der Waals surface area contributed by atoms with E-state index < -0.39 is 15.6 Å². The number of rotatable bonds is 5. The van der Waals surface area contributed by atoms with Crippen LogP contribution in [0.15, 0.2) is 30.3 Å². The minimum atomic E-state index is -3.39. The summed E-state index contributed by atoms with van der Waals surface area (Å²) in [5.41, 5.74) is 0.276. The fraction of sp³-hybridized carbons (Fsp3) is 0.562. The fourth-order valence-electron chi connectivity index (χ4n) is 2.83. The number of amides is 1. The van der Waals surface area contributed by atoms with Crippen LogP contribution < -0.4 is 4.72 Å². The molecule has 1 amide bonds. The van der Waals surface area contributed by atoms with Crippen molar-refractivity contribution in [2.75, 3.05) is 25.9 Å². The Morgan fingerprint density at radius 2 is 2.04 bits per heavy atom. The summed E-state index contributed by atoms with van der Waals surface area (Å²) in [6.07, 6.45) is 2.19. The minimum Gasteiger partial charge on any atom is -0.390 e. The molecule has 0 radical (unpaired) electrons. The molecule has 0 spiro atoms. The molecular formula is C16H24N2O4S. The molecule has 23 heavy (non-hydrogen) atoms. The maximum absolute atomic E-state index is 12.2. The van der Waals surface area contributed by atoms with Crippen molar-refractivity contribution in [1.29, 1.82) is 0 Å². The molecule has 6 nitrogen and oxygen atoms in total. The molecule has 1 aromatic carbocycles. The van der Waals surface area contributed by atoms with Crippen LogP contribution in [0.5, 0.6) is 0 Å². The van der Waals surface area contributed by atoms with E-state index in [1.165, 1.54) is 0 Å². The van der Waals surface area contributed by atoms with Gasteiger partial charge in [0.15, 0.2) is 0 Å². The Kier molecular flexibility index (Phi) is 5.44. The largest absolute Gasteiger partial charge is 0.390 e. The number of nitrogens with zero attached hydrogens (tertiary/aromatic N) is 1. The molecule has 0 bridgehead atoms. The monoisotopic (exact) mass is 340 g/mol. The first-order valence-corrected chi connectivity index (χ1v) is 9.55. The maximum atomic E-state index is 12.2. The second kappa shape index (κ2) is 6.98. The van der Waals surface area contributed by atoms with Crippen molar-refractivity contribution in [2.24, 2.45) is 5.92 Å². The number of nitrogens with one attached hydrogen (secondary N) is 1. The topological polar surface area (TPSA) is 86.7 Å². The highest BCUT2D eigenvalue weighted by atomic mass is 32.2. The van der Waals surface area contributed by atoms with Crippen LogP contribution in [0.1, 0.15) is 18.9 Å². The number of sulfonamides is 1. The van der Waals surface area contributed by atoms with E-state index in [4.69, 9.17) is 0 Å². The quantitative estimate of drug-likeness (QED) is 0.811. The number of hydrogen-bond donors (Lipinski definition) is 2. The molecule has 1 aliphatic heterocycles. The number of likely N-dealkylation sites (tertiary alicyclic amines) is 1. The molecule has 1 heterocycles. The Hall–Kier alpha value is -1.44. The third kappa shape index (κ3) is 5.30. The molecule has 2 atom stereocenters. The molecule has 7 heteroatoms.